The van der Waals surface area contributed by atoms with E-state index in [1.165, 1.54) is 5.56 Å². The number of amides is 2. The number of rotatable bonds is 4. The third kappa shape index (κ3) is 6.48. The lowest BCUT2D eigenvalue weighted by atomic mass is 9.87. The SMILES string of the molecule is CC(C)(C)c1ccc(C(=O)Nc2cccc(NC(=S)NC(=O)c3ccc(Br)cc3)c2)cc1. The van der Waals surface area contributed by atoms with Gasteiger partial charge >= 0.3 is 0 Å². The summed E-state index contributed by atoms with van der Waals surface area (Å²) < 4.78 is 0.888. The Morgan fingerprint density at radius 3 is 1.91 bits per heavy atom. The van der Waals surface area contributed by atoms with E-state index in [9.17, 15) is 9.59 Å². The van der Waals surface area contributed by atoms with Crippen molar-refractivity contribution in [3.05, 3.63) is 94.0 Å². The van der Waals surface area contributed by atoms with Crippen molar-refractivity contribution in [2.75, 3.05) is 10.6 Å². The Labute approximate surface area is 201 Å². The zero-order valence-corrected chi connectivity index (χ0v) is 20.4. The van der Waals surface area contributed by atoms with Gasteiger partial charge in [-0.05, 0) is 77.8 Å². The van der Waals surface area contributed by atoms with Crippen LogP contribution in [0.15, 0.2) is 77.3 Å². The van der Waals surface area contributed by atoms with Crippen LogP contribution in [0.3, 0.4) is 0 Å². The van der Waals surface area contributed by atoms with Gasteiger partial charge in [-0.15, -0.1) is 0 Å². The van der Waals surface area contributed by atoms with E-state index in [0.29, 0.717) is 22.5 Å². The Balaban J connectivity index is 1.61. The zero-order chi connectivity index (χ0) is 23.3. The lowest BCUT2D eigenvalue weighted by Crippen LogP contribution is -2.34. The number of hydrogen-bond donors (Lipinski definition) is 3. The van der Waals surface area contributed by atoms with Crippen LogP contribution in [0.5, 0.6) is 0 Å². The van der Waals surface area contributed by atoms with Gasteiger partial charge in [0.15, 0.2) is 5.11 Å². The summed E-state index contributed by atoms with van der Waals surface area (Å²) in [5.74, 6) is -0.508. The molecule has 0 aliphatic heterocycles. The fraction of sp³-hybridized carbons (Fsp3) is 0.160. The molecule has 3 aromatic rings. The van der Waals surface area contributed by atoms with Crippen molar-refractivity contribution >= 4 is 56.4 Å². The van der Waals surface area contributed by atoms with E-state index in [1.54, 1.807) is 48.5 Å². The fourth-order valence-electron chi connectivity index (χ4n) is 2.94. The van der Waals surface area contributed by atoms with Crippen LogP contribution in [0.1, 0.15) is 47.1 Å². The van der Waals surface area contributed by atoms with E-state index >= 15 is 0 Å². The molecule has 0 radical (unpaired) electrons. The van der Waals surface area contributed by atoms with Crippen molar-refractivity contribution in [3.8, 4) is 0 Å². The molecule has 0 aromatic heterocycles. The van der Waals surface area contributed by atoms with Crippen LogP contribution in [0.2, 0.25) is 0 Å². The number of hydrogen-bond acceptors (Lipinski definition) is 3. The Hall–Kier alpha value is -3.03. The van der Waals surface area contributed by atoms with E-state index in [1.807, 2.05) is 24.3 Å². The maximum atomic E-state index is 12.6. The number of anilines is 2. The number of halogens is 1. The van der Waals surface area contributed by atoms with Gasteiger partial charge in [-0.1, -0.05) is 54.9 Å². The number of carbonyl (C=O) groups is 2. The Morgan fingerprint density at radius 1 is 0.781 bits per heavy atom. The molecule has 32 heavy (non-hydrogen) atoms. The molecule has 3 rings (SSSR count). The van der Waals surface area contributed by atoms with Gasteiger partial charge in [-0.2, -0.15) is 0 Å². The lowest BCUT2D eigenvalue weighted by molar-refractivity contribution is 0.0976. The van der Waals surface area contributed by atoms with Crippen molar-refractivity contribution in [2.24, 2.45) is 0 Å². The van der Waals surface area contributed by atoms with Crippen molar-refractivity contribution < 1.29 is 9.59 Å². The first-order valence-corrected chi connectivity index (χ1v) is 11.2. The van der Waals surface area contributed by atoms with Gasteiger partial charge in [0.2, 0.25) is 0 Å². The van der Waals surface area contributed by atoms with Crippen molar-refractivity contribution in [3.63, 3.8) is 0 Å². The Morgan fingerprint density at radius 2 is 1.31 bits per heavy atom. The molecule has 7 heteroatoms. The first kappa shape index (κ1) is 23.6. The molecule has 0 atom stereocenters. The molecule has 2 amide bonds. The number of thiocarbonyl (C=S) groups is 1. The van der Waals surface area contributed by atoms with Gasteiger partial charge in [-0.25, -0.2) is 0 Å². The summed E-state index contributed by atoms with van der Waals surface area (Å²) in [6.07, 6.45) is 0. The summed E-state index contributed by atoms with van der Waals surface area (Å²) in [6, 6.07) is 21.7. The van der Waals surface area contributed by atoms with Gasteiger partial charge in [0.25, 0.3) is 11.8 Å². The van der Waals surface area contributed by atoms with Crippen LogP contribution < -0.4 is 16.0 Å². The summed E-state index contributed by atoms with van der Waals surface area (Å²) >= 11 is 8.59. The average Bonchev–Trinajstić information content (AvgIpc) is 2.73. The molecule has 0 saturated carbocycles. The minimum absolute atomic E-state index is 0.0280. The summed E-state index contributed by atoms with van der Waals surface area (Å²) in [4.78, 5) is 24.9. The van der Waals surface area contributed by atoms with E-state index in [-0.39, 0.29) is 22.3 Å². The van der Waals surface area contributed by atoms with E-state index in [2.05, 4.69) is 52.7 Å². The first-order chi connectivity index (χ1) is 15.1. The molecule has 5 nitrogen and oxygen atoms in total. The maximum Gasteiger partial charge on any atom is 0.257 e. The van der Waals surface area contributed by atoms with Gasteiger partial charge in [-0.3, -0.25) is 14.9 Å². The van der Waals surface area contributed by atoms with Gasteiger partial charge in [0, 0.05) is 27.0 Å². The van der Waals surface area contributed by atoms with Crippen molar-refractivity contribution in [2.45, 2.75) is 26.2 Å². The van der Waals surface area contributed by atoms with Crippen molar-refractivity contribution in [1.29, 1.82) is 0 Å². The summed E-state index contributed by atoms with van der Waals surface area (Å²) in [7, 11) is 0. The molecule has 0 bridgehead atoms. The highest BCUT2D eigenvalue weighted by Gasteiger charge is 2.14. The number of carbonyl (C=O) groups excluding carboxylic acids is 2. The normalized spacial score (nSPS) is 10.9. The third-order valence-electron chi connectivity index (χ3n) is 4.72. The summed E-state index contributed by atoms with van der Waals surface area (Å²) in [5.41, 5.74) is 3.53. The van der Waals surface area contributed by atoms with Gasteiger partial charge < -0.3 is 10.6 Å². The standard InChI is InChI=1S/C25H24BrN3O2S/c1-25(2,3)18-11-7-16(8-12-18)22(30)27-20-5-4-6-21(15-20)28-24(32)29-23(31)17-9-13-19(26)14-10-17/h4-15H,1-3H3,(H,27,30)(H2,28,29,31,32). The van der Waals surface area contributed by atoms with E-state index in [0.717, 1.165) is 4.47 Å². The molecule has 0 spiro atoms. The molecular weight excluding hydrogens is 486 g/mol. The second-order valence-electron chi connectivity index (χ2n) is 8.28. The molecule has 0 unspecified atom stereocenters. The van der Waals surface area contributed by atoms with E-state index in [4.69, 9.17) is 12.2 Å². The monoisotopic (exact) mass is 509 g/mol. The molecule has 3 N–H and O–H groups in total. The maximum absolute atomic E-state index is 12.6. The van der Waals surface area contributed by atoms with Crippen LogP contribution in [-0.4, -0.2) is 16.9 Å². The quantitative estimate of drug-likeness (QED) is 0.370. The van der Waals surface area contributed by atoms with Gasteiger partial charge in [0.1, 0.15) is 0 Å². The minimum atomic E-state index is -0.307. The highest BCUT2D eigenvalue weighted by Crippen LogP contribution is 2.23. The molecular formula is C25H24BrN3O2S. The molecule has 0 aliphatic rings. The Kier molecular flexibility index (Phi) is 7.43. The predicted molar refractivity (Wildman–Crippen MR) is 137 cm³/mol. The van der Waals surface area contributed by atoms with Crippen LogP contribution >= 0.6 is 28.1 Å². The van der Waals surface area contributed by atoms with Crippen molar-refractivity contribution in [1.82, 2.24) is 5.32 Å². The topological polar surface area (TPSA) is 70.2 Å². The predicted octanol–water partition coefficient (Wildman–Crippen LogP) is 6.13. The molecule has 0 saturated heterocycles. The lowest BCUT2D eigenvalue weighted by Gasteiger charge is -2.19. The average molecular weight is 510 g/mol. The highest BCUT2D eigenvalue weighted by molar-refractivity contribution is 9.10. The van der Waals surface area contributed by atoms with Crippen LogP contribution in [0, 0.1) is 0 Å². The fourth-order valence-corrected chi connectivity index (χ4v) is 3.41. The highest BCUT2D eigenvalue weighted by atomic mass is 79.9. The minimum Gasteiger partial charge on any atom is -0.332 e. The van der Waals surface area contributed by atoms with Gasteiger partial charge in [0.05, 0.1) is 0 Å². The van der Waals surface area contributed by atoms with Crippen LogP contribution in [-0.2, 0) is 5.41 Å². The molecule has 3 aromatic carbocycles. The smallest absolute Gasteiger partial charge is 0.257 e. The zero-order valence-electron chi connectivity index (χ0n) is 18.0. The second kappa shape index (κ2) is 10.1. The molecule has 0 heterocycles. The molecule has 164 valence electrons. The Bertz CT molecular complexity index is 1140. The molecule has 0 aliphatic carbocycles. The number of nitrogens with one attached hydrogen (secondary N) is 3. The number of benzene rings is 3. The summed E-state index contributed by atoms with van der Waals surface area (Å²) in [6.45, 7) is 6.39. The summed E-state index contributed by atoms with van der Waals surface area (Å²) in [5, 5.41) is 8.67. The second-order valence-corrected chi connectivity index (χ2v) is 9.60. The van der Waals surface area contributed by atoms with Crippen LogP contribution in [0.25, 0.3) is 0 Å². The largest absolute Gasteiger partial charge is 0.332 e. The van der Waals surface area contributed by atoms with E-state index < -0.39 is 0 Å². The van der Waals surface area contributed by atoms with Crippen LogP contribution in [0.4, 0.5) is 11.4 Å². The first-order valence-electron chi connectivity index (χ1n) is 10.0. The third-order valence-corrected chi connectivity index (χ3v) is 5.46. The molecule has 0 fully saturated rings.